The number of hydrogen-bond acceptors (Lipinski definition) is 3. The third-order valence-electron chi connectivity index (χ3n) is 3.70. The molecular weight excluding hydrogens is 318 g/mol. The van der Waals surface area contributed by atoms with Crippen molar-refractivity contribution < 1.29 is 14.3 Å². The van der Waals surface area contributed by atoms with Crippen LogP contribution in [0.15, 0.2) is 60.8 Å². The smallest absolute Gasteiger partial charge is 0.258 e. The first-order chi connectivity index (χ1) is 12.1. The molecule has 0 aliphatic rings. The molecule has 0 radical (unpaired) electrons. The van der Waals surface area contributed by atoms with Gasteiger partial charge >= 0.3 is 0 Å². The van der Waals surface area contributed by atoms with E-state index in [9.17, 15) is 9.59 Å². The van der Waals surface area contributed by atoms with Crippen LogP contribution in [0.5, 0.6) is 5.75 Å². The second-order valence-corrected chi connectivity index (χ2v) is 5.64. The SMILES string of the molecule is CC(=O)NNC(=O)Cn1ccc2c(OCc3ccccc3)cccc21. The fourth-order valence-electron chi connectivity index (χ4n) is 2.55. The normalized spacial score (nSPS) is 10.4. The van der Waals surface area contributed by atoms with Crippen LogP contribution in [0, 0.1) is 0 Å². The number of ether oxygens (including phenoxy) is 1. The molecule has 2 aromatic carbocycles. The van der Waals surface area contributed by atoms with Crippen molar-refractivity contribution >= 4 is 22.7 Å². The van der Waals surface area contributed by atoms with Crippen LogP contribution in [-0.4, -0.2) is 16.4 Å². The third kappa shape index (κ3) is 4.17. The van der Waals surface area contributed by atoms with Gasteiger partial charge in [-0.3, -0.25) is 20.4 Å². The highest BCUT2D eigenvalue weighted by Gasteiger charge is 2.10. The fourth-order valence-corrected chi connectivity index (χ4v) is 2.55. The van der Waals surface area contributed by atoms with E-state index in [0.29, 0.717) is 6.61 Å². The van der Waals surface area contributed by atoms with Gasteiger partial charge < -0.3 is 9.30 Å². The molecule has 0 fully saturated rings. The van der Waals surface area contributed by atoms with Gasteiger partial charge in [0.05, 0.1) is 5.52 Å². The Hall–Kier alpha value is -3.28. The van der Waals surface area contributed by atoms with Crippen molar-refractivity contribution in [2.24, 2.45) is 0 Å². The Morgan fingerprint density at radius 2 is 1.80 bits per heavy atom. The largest absolute Gasteiger partial charge is 0.488 e. The summed E-state index contributed by atoms with van der Waals surface area (Å²) >= 11 is 0. The van der Waals surface area contributed by atoms with Crippen molar-refractivity contribution in [3.8, 4) is 5.75 Å². The molecule has 0 aliphatic heterocycles. The van der Waals surface area contributed by atoms with E-state index in [2.05, 4.69) is 10.9 Å². The predicted molar refractivity (Wildman–Crippen MR) is 94.7 cm³/mol. The molecule has 128 valence electrons. The second kappa shape index (κ2) is 7.53. The molecule has 0 spiro atoms. The van der Waals surface area contributed by atoms with Crippen molar-refractivity contribution in [1.29, 1.82) is 0 Å². The molecule has 25 heavy (non-hydrogen) atoms. The quantitative estimate of drug-likeness (QED) is 0.702. The lowest BCUT2D eigenvalue weighted by Crippen LogP contribution is -2.41. The third-order valence-corrected chi connectivity index (χ3v) is 3.70. The maximum absolute atomic E-state index is 11.9. The molecule has 0 unspecified atom stereocenters. The van der Waals surface area contributed by atoms with Crippen LogP contribution in [0.4, 0.5) is 0 Å². The van der Waals surface area contributed by atoms with Gasteiger partial charge in [0.25, 0.3) is 5.91 Å². The van der Waals surface area contributed by atoms with E-state index in [1.165, 1.54) is 6.92 Å². The topological polar surface area (TPSA) is 72.4 Å². The van der Waals surface area contributed by atoms with E-state index in [1.54, 1.807) is 0 Å². The van der Waals surface area contributed by atoms with Gasteiger partial charge in [-0.1, -0.05) is 36.4 Å². The van der Waals surface area contributed by atoms with E-state index < -0.39 is 0 Å². The Kier molecular flexibility index (Phi) is 4.99. The van der Waals surface area contributed by atoms with Crippen molar-refractivity contribution in [2.45, 2.75) is 20.1 Å². The Bertz CT molecular complexity index is 887. The van der Waals surface area contributed by atoms with Gasteiger partial charge in [0.1, 0.15) is 18.9 Å². The minimum Gasteiger partial charge on any atom is -0.488 e. The zero-order valence-electron chi connectivity index (χ0n) is 13.9. The molecule has 0 aliphatic carbocycles. The number of hydrazine groups is 1. The first-order valence-corrected chi connectivity index (χ1v) is 7.93. The number of carbonyl (C=O) groups excluding carboxylic acids is 2. The van der Waals surface area contributed by atoms with Crippen molar-refractivity contribution in [3.63, 3.8) is 0 Å². The number of carbonyl (C=O) groups is 2. The summed E-state index contributed by atoms with van der Waals surface area (Å²) < 4.78 is 7.74. The number of nitrogens with one attached hydrogen (secondary N) is 2. The van der Waals surface area contributed by atoms with E-state index in [-0.39, 0.29) is 18.4 Å². The maximum Gasteiger partial charge on any atom is 0.258 e. The number of fused-ring (bicyclic) bond motifs is 1. The van der Waals surface area contributed by atoms with Crippen LogP contribution < -0.4 is 15.6 Å². The lowest BCUT2D eigenvalue weighted by atomic mass is 10.2. The molecule has 0 saturated carbocycles. The lowest BCUT2D eigenvalue weighted by Gasteiger charge is -2.10. The Morgan fingerprint density at radius 1 is 1.00 bits per heavy atom. The molecule has 1 aromatic heterocycles. The van der Waals surface area contributed by atoms with Crippen molar-refractivity contribution in [2.75, 3.05) is 0 Å². The summed E-state index contributed by atoms with van der Waals surface area (Å²) in [5.74, 6) is 0.146. The lowest BCUT2D eigenvalue weighted by molar-refractivity contribution is -0.128. The Balaban J connectivity index is 1.73. The van der Waals surface area contributed by atoms with Gasteiger partial charge in [0.15, 0.2) is 0 Å². The van der Waals surface area contributed by atoms with E-state index >= 15 is 0 Å². The first-order valence-electron chi connectivity index (χ1n) is 7.93. The fraction of sp³-hybridized carbons (Fsp3) is 0.158. The standard InChI is InChI=1S/C19H19N3O3/c1-14(23)20-21-19(24)12-22-11-10-16-17(22)8-5-9-18(16)25-13-15-6-3-2-4-7-15/h2-11H,12-13H2,1H3,(H,20,23)(H,21,24). The molecule has 3 aromatic rings. The highest BCUT2D eigenvalue weighted by atomic mass is 16.5. The van der Waals surface area contributed by atoms with E-state index in [4.69, 9.17) is 4.74 Å². The zero-order valence-corrected chi connectivity index (χ0v) is 13.9. The number of amides is 2. The molecule has 2 amide bonds. The van der Waals surface area contributed by atoms with Crippen LogP contribution in [-0.2, 0) is 22.7 Å². The van der Waals surface area contributed by atoms with E-state index in [1.807, 2.05) is 65.4 Å². The monoisotopic (exact) mass is 337 g/mol. The molecule has 0 saturated heterocycles. The number of benzene rings is 2. The van der Waals surface area contributed by atoms with E-state index in [0.717, 1.165) is 22.2 Å². The average molecular weight is 337 g/mol. The molecule has 1 heterocycles. The van der Waals surface area contributed by atoms with Gasteiger partial charge in [-0.25, -0.2) is 0 Å². The average Bonchev–Trinajstić information content (AvgIpc) is 3.02. The highest BCUT2D eigenvalue weighted by Crippen LogP contribution is 2.27. The van der Waals surface area contributed by atoms with Crippen LogP contribution in [0.3, 0.4) is 0 Å². The number of nitrogens with zero attached hydrogens (tertiary/aromatic N) is 1. The summed E-state index contributed by atoms with van der Waals surface area (Å²) in [6, 6.07) is 17.6. The predicted octanol–water partition coefficient (Wildman–Crippen LogP) is 2.39. The number of aromatic nitrogens is 1. The summed E-state index contributed by atoms with van der Waals surface area (Å²) in [6.07, 6.45) is 1.83. The molecule has 0 bridgehead atoms. The summed E-state index contributed by atoms with van der Waals surface area (Å²) in [4.78, 5) is 22.7. The summed E-state index contributed by atoms with van der Waals surface area (Å²) in [5.41, 5.74) is 6.62. The molecule has 0 atom stereocenters. The van der Waals surface area contributed by atoms with Crippen LogP contribution >= 0.6 is 0 Å². The molecular formula is C19H19N3O3. The zero-order chi connectivity index (χ0) is 17.6. The minimum atomic E-state index is -0.317. The van der Waals surface area contributed by atoms with Crippen molar-refractivity contribution in [3.05, 3.63) is 66.4 Å². The second-order valence-electron chi connectivity index (χ2n) is 5.64. The van der Waals surface area contributed by atoms with Gasteiger partial charge in [-0.2, -0.15) is 0 Å². The van der Waals surface area contributed by atoms with Gasteiger partial charge in [-0.15, -0.1) is 0 Å². The summed E-state index contributed by atoms with van der Waals surface area (Å²) in [5, 5.41) is 0.936. The minimum absolute atomic E-state index is 0.103. The van der Waals surface area contributed by atoms with Crippen LogP contribution in [0.1, 0.15) is 12.5 Å². The van der Waals surface area contributed by atoms with Gasteiger partial charge in [-0.05, 0) is 23.8 Å². The molecule has 3 rings (SSSR count). The first kappa shape index (κ1) is 16.6. The number of rotatable bonds is 5. The Labute approximate surface area is 145 Å². The maximum atomic E-state index is 11.9. The Morgan fingerprint density at radius 3 is 2.56 bits per heavy atom. The van der Waals surface area contributed by atoms with Crippen LogP contribution in [0.2, 0.25) is 0 Å². The van der Waals surface area contributed by atoms with Gasteiger partial charge in [0.2, 0.25) is 5.91 Å². The van der Waals surface area contributed by atoms with Crippen molar-refractivity contribution in [1.82, 2.24) is 15.4 Å². The summed E-state index contributed by atoms with van der Waals surface area (Å²) in [6.45, 7) is 1.92. The molecule has 2 N–H and O–H groups in total. The summed E-state index contributed by atoms with van der Waals surface area (Å²) in [7, 11) is 0. The number of hydrogen-bond donors (Lipinski definition) is 2. The van der Waals surface area contributed by atoms with Gasteiger partial charge in [0, 0.05) is 18.5 Å². The van der Waals surface area contributed by atoms with Crippen LogP contribution in [0.25, 0.3) is 10.9 Å². The molecule has 6 nitrogen and oxygen atoms in total. The highest BCUT2D eigenvalue weighted by molar-refractivity contribution is 5.88. The molecule has 6 heteroatoms.